The molecule has 0 aliphatic heterocycles. The van der Waals surface area contributed by atoms with Crippen LogP contribution in [0.25, 0.3) is 0 Å². The summed E-state index contributed by atoms with van der Waals surface area (Å²) in [6.45, 7) is 2.60. The summed E-state index contributed by atoms with van der Waals surface area (Å²) < 4.78 is 17.0. The number of ether oxygens (including phenoxy) is 1. The van der Waals surface area contributed by atoms with E-state index in [2.05, 4.69) is 0 Å². The molecular weight excluding hydrogens is 234 g/mol. The molecule has 4 heteroatoms. The molecule has 1 aromatic carbocycles. The lowest BCUT2D eigenvalue weighted by Gasteiger charge is -2.10. The summed E-state index contributed by atoms with van der Waals surface area (Å²) >= 11 is 0. The Bertz CT molecular complexity index is 351. The molecule has 0 aliphatic rings. The number of aryl methyl sites for hydroxylation is 1. The smallest absolute Gasteiger partial charge is 0.118 e. The van der Waals surface area contributed by atoms with Gasteiger partial charge < -0.3 is 10.5 Å². The van der Waals surface area contributed by atoms with E-state index in [4.69, 9.17) is 10.5 Å². The Morgan fingerprint density at radius 3 is 2.53 bits per heavy atom. The van der Waals surface area contributed by atoms with Gasteiger partial charge in [-0.1, -0.05) is 19.1 Å². The Balaban J connectivity index is 2.41. The van der Waals surface area contributed by atoms with E-state index < -0.39 is 10.8 Å². The van der Waals surface area contributed by atoms with Gasteiger partial charge in [0.25, 0.3) is 0 Å². The fourth-order valence-electron chi connectivity index (χ4n) is 1.58. The zero-order valence-electron chi connectivity index (χ0n) is 10.5. The lowest BCUT2D eigenvalue weighted by Crippen LogP contribution is -2.19. The van der Waals surface area contributed by atoms with Crippen molar-refractivity contribution in [3.05, 3.63) is 29.8 Å². The molecule has 2 unspecified atom stereocenters. The van der Waals surface area contributed by atoms with Crippen molar-refractivity contribution in [3.8, 4) is 5.75 Å². The minimum absolute atomic E-state index is 0.193. The van der Waals surface area contributed by atoms with E-state index in [0.29, 0.717) is 12.3 Å². The van der Waals surface area contributed by atoms with Crippen molar-refractivity contribution in [3.63, 3.8) is 0 Å². The third kappa shape index (κ3) is 4.88. The third-order valence-electron chi connectivity index (χ3n) is 2.77. The molecule has 0 spiro atoms. The lowest BCUT2D eigenvalue weighted by atomic mass is 10.2. The van der Waals surface area contributed by atoms with Gasteiger partial charge in [0.15, 0.2) is 0 Å². The van der Waals surface area contributed by atoms with Gasteiger partial charge in [-0.2, -0.15) is 0 Å². The number of hydrogen-bond acceptors (Lipinski definition) is 3. The molecule has 1 aromatic rings. The van der Waals surface area contributed by atoms with Crippen molar-refractivity contribution in [1.29, 1.82) is 0 Å². The van der Waals surface area contributed by atoms with Crippen molar-refractivity contribution >= 4 is 10.8 Å². The SMILES string of the molecule is COc1ccc(CCS(=O)C(C)CCN)cc1. The molecule has 0 radical (unpaired) electrons. The molecule has 2 atom stereocenters. The Hall–Kier alpha value is -0.870. The first-order valence-electron chi connectivity index (χ1n) is 5.87. The second-order valence-corrected chi connectivity index (χ2v) is 6.05. The zero-order valence-corrected chi connectivity index (χ0v) is 11.3. The number of rotatable bonds is 7. The molecule has 0 aliphatic carbocycles. The molecule has 0 fully saturated rings. The van der Waals surface area contributed by atoms with E-state index in [0.717, 1.165) is 18.6 Å². The normalized spacial score (nSPS) is 14.3. The molecule has 0 saturated carbocycles. The highest BCUT2D eigenvalue weighted by Gasteiger charge is 2.09. The molecule has 0 aromatic heterocycles. The zero-order chi connectivity index (χ0) is 12.7. The van der Waals surface area contributed by atoms with Crippen LogP contribution in [0, 0.1) is 0 Å². The maximum absolute atomic E-state index is 11.9. The fourth-order valence-corrected chi connectivity index (χ4v) is 2.82. The summed E-state index contributed by atoms with van der Waals surface area (Å²) in [7, 11) is 0.868. The van der Waals surface area contributed by atoms with Gasteiger partial charge in [-0.3, -0.25) is 4.21 Å². The number of hydrogen-bond donors (Lipinski definition) is 1. The van der Waals surface area contributed by atoms with Crippen LogP contribution in [-0.4, -0.2) is 28.9 Å². The Kier molecular flexibility index (Phi) is 6.22. The van der Waals surface area contributed by atoms with Gasteiger partial charge in [0.1, 0.15) is 5.75 Å². The van der Waals surface area contributed by atoms with Crippen LogP contribution in [-0.2, 0) is 17.2 Å². The van der Waals surface area contributed by atoms with Crippen molar-refractivity contribution < 1.29 is 8.95 Å². The second kappa shape index (κ2) is 7.45. The average molecular weight is 255 g/mol. The van der Waals surface area contributed by atoms with Gasteiger partial charge in [0.2, 0.25) is 0 Å². The van der Waals surface area contributed by atoms with Crippen LogP contribution >= 0.6 is 0 Å². The van der Waals surface area contributed by atoms with E-state index in [-0.39, 0.29) is 5.25 Å². The van der Waals surface area contributed by atoms with Crippen LogP contribution in [0.5, 0.6) is 5.75 Å². The quantitative estimate of drug-likeness (QED) is 0.807. The topological polar surface area (TPSA) is 52.3 Å². The molecular formula is C13H21NO2S. The summed E-state index contributed by atoms with van der Waals surface area (Å²) in [6.07, 6.45) is 1.67. The fraction of sp³-hybridized carbons (Fsp3) is 0.538. The van der Waals surface area contributed by atoms with Crippen LogP contribution in [0.3, 0.4) is 0 Å². The molecule has 2 N–H and O–H groups in total. The Morgan fingerprint density at radius 1 is 1.35 bits per heavy atom. The maximum Gasteiger partial charge on any atom is 0.118 e. The van der Waals surface area contributed by atoms with Crippen LogP contribution in [0.1, 0.15) is 18.9 Å². The van der Waals surface area contributed by atoms with Crippen molar-refractivity contribution in [2.24, 2.45) is 5.73 Å². The highest BCUT2D eigenvalue weighted by Crippen LogP contribution is 2.12. The van der Waals surface area contributed by atoms with Gasteiger partial charge in [-0.15, -0.1) is 0 Å². The van der Waals surface area contributed by atoms with Crippen molar-refractivity contribution in [2.75, 3.05) is 19.4 Å². The lowest BCUT2D eigenvalue weighted by molar-refractivity contribution is 0.414. The summed E-state index contributed by atoms with van der Waals surface area (Å²) in [5.74, 6) is 1.56. The van der Waals surface area contributed by atoms with E-state index >= 15 is 0 Å². The van der Waals surface area contributed by atoms with Gasteiger partial charge in [-0.05, 0) is 37.1 Å². The molecule has 96 valence electrons. The van der Waals surface area contributed by atoms with Crippen LogP contribution in [0.15, 0.2) is 24.3 Å². The average Bonchev–Trinajstić information content (AvgIpc) is 2.36. The minimum Gasteiger partial charge on any atom is -0.497 e. The standard InChI is InChI=1S/C13H21NO2S/c1-11(7-9-14)17(15)10-8-12-3-5-13(16-2)6-4-12/h3-6,11H,7-10,14H2,1-2H3. The first-order valence-corrected chi connectivity index (χ1v) is 7.25. The van der Waals surface area contributed by atoms with Crippen LogP contribution in [0.4, 0.5) is 0 Å². The largest absolute Gasteiger partial charge is 0.497 e. The third-order valence-corrected chi connectivity index (χ3v) is 4.51. The summed E-state index contributed by atoms with van der Waals surface area (Å²) in [6, 6.07) is 7.90. The highest BCUT2D eigenvalue weighted by molar-refractivity contribution is 7.85. The highest BCUT2D eigenvalue weighted by atomic mass is 32.2. The second-order valence-electron chi connectivity index (χ2n) is 4.07. The predicted octanol–water partition coefficient (Wildman–Crippen LogP) is 1.72. The Morgan fingerprint density at radius 2 is 2.00 bits per heavy atom. The summed E-state index contributed by atoms with van der Waals surface area (Å²) in [5, 5.41) is 0.193. The monoisotopic (exact) mass is 255 g/mol. The molecule has 17 heavy (non-hydrogen) atoms. The van der Waals surface area contributed by atoms with E-state index in [9.17, 15) is 4.21 Å². The maximum atomic E-state index is 11.9. The van der Waals surface area contributed by atoms with Gasteiger partial charge >= 0.3 is 0 Å². The first-order chi connectivity index (χ1) is 8.17. The predicted molar refractivity (Wildman–Crippen MR) is 72.8 cm³/mol. The van der Waals surface area contributed by atoms with E-state index in [1.807, 2.05) is 31.2 Å². The molecule has 0 heterocycles. The first kappa shape index (κ1) is 14.2. The Labute approximate surface area is 106 Å². The van der Waals surface area contributed by atoms with E-state index in [1.54, 1.807) is 7.11 Å². The minimum atomic E-state index is -0.784. The van der Waals surface area contributed by atoms with Gasteiger partial charge in [-0.25, -0.2) is 0 Å². The number of methoxy groups -OCH3 is 1. The van der Waals surface area contributed by atoms with Gasteiger partial charge in [0, 0.05) is 21.8 Å². The van der Waals surface area contributed by atoms with Crippen LogP contribution < -0.4 is 10.5 Å². The van der Waals surface area contributed by atoms with Crippen LogP contribution in [0.2, 0.25) is 0 Å². The van der Waals surface area contributed by atoms with Gasteiger partial charge in [0.05, 0.1) is 7.11 Å². The molecule has 0 amide bonds. The molecule has 3 nitrogen and oxygen atoms in total. The summed E-state index contributed by atoms with van der Waals surface area (Å²) in [5.41, 5.74) is 6.65. The molecule has 0 saturated heterocycles. The molecule has 1 rings (SSSR count). The van der Waals surface area contributed by atoms with E-state index in [1.165, 1.54) is 5.56 Å². The summed E-state index contributed by atoms with van der Waals surface area (Å²) in [4.78, 5) is 0. The van der Waals surface area contributed by atoms with Crippen molar-refractivity contribution in [1.82, 2.24) is 0 Å². The van der Waals surface area contributed by atoms with Crippen molar-refractivity contribution in [2.45, 2.75) is 25.0 Å². The molecule has 0 bridgehead atoms. The number of nitrogens with two attached hydrogens (primary N) is 1. The number of benzene rings is 1.